The monoisotopic (exact) mass is 267 g/mol. The first kappa shape index (κ1) is 15.6. The van der Waals surface area contributed by atoms with Crippen LogP contribution in [-0.2, 0) is 9.47 Å². The summed E-state index contributed by atoms with van der Waals surface area (Å²) in [4.78, 5) is 13.8. The molecule has 1 amide bonds. The van der Waals surface area contributed by atoms with Crippen LogP contribution in [0.2, 0.25) is 0 Å². The van der Waals surface area contributed by atoms with Gasteiger partial charge in [-0.3, -0.25) is 4.90 Å². The third-order valence-electron chi connectivity index (χ3n) is 2.67. The minimum Gasteiger partial charge on any atom is -0.497 e. The summed E-state index contributed by atoms with van der Waals surface area (Å²) < 4.78 is 10.7. The van der Waals surface area contributed by atoms with Gasteiger partial charge in [-0.1, -0.05) is 13.8 Å². The van der Waals surface area contributed by atoms with Crippen LogP contribution in [0.25, 0.3) is 0 Å². The summed E-state index contributed by atoms with van der Waals surface area (Å²) >= 11 is 0. The molecule has 1 atom stereocenters. The van der Waals surface area contributed by atoms with Gasteiger partial charge < -0.3 is 9.47 Å². The maximum Gasteiger partial charge on any atom is 0.414 e. The fourth-order valence-electron chi connectivity index (χ4n) is 1.90. The van der Waals surface area contributed by atoms with Crippen molar-refractivity contribution in [2.75, 3.05) is 7.11 Å². The molecule has 1 heterocycles. The first-order valence-corrected chi connectivity index (χ1v) is 6.68. The number of carbonyl (C=O) groups excluding carboxylic acids is 1. The molecule has 0 aromatic carbocycles. The van der Waals surface area contributed by atoms with Gasteiger partial charge in [0.25, 0.3) is 0 Å². The largest absolute Gasteiger partial charge is 0.497 e. The number of hydrogen-bond donors (Lipinski definition) is 0. The topological polar surface area (TPSA) is 38.8 Å². The molecule has 0 bridgehead atoms. The molecule has 0 radical (unpaired) electrons. The van der Waals surface area contributed by atoms with Crippen LogP contribution in [0.5, 0.6) is 0 Å². The lowest BCUT2D eigenvalue weighted by Gasteiger charge is -2.32. The Balaban J connectivity index is 2.83. The zero-order valence-corrected chi connectivity index (χ0v) is 12.8. The molecule has 0 N–H and O–H groups in total. The summed E-state index contributed by atoms with van der Waals surface area (Å²) in [6, 6.07) is -0.0187. The summed E-state index contributed by atoms with van der Waals surface area (Å²) in [5, 5.41) is 0. The third kappa shape index (κ3) is 4.97. The van der Waals surface area contributed by atoms with Gasteiger partial charge in [-0.25, -0.2) is 4.79 Å². The van der Waals surface area contributed by atoms with Crippen molar-refractivity contribution in [2.45, 2.75) is 52.7 Å². The van der Waals surface area contributed by atoms with Crippen molar-refractivity contribution in [2.24, 2.45) is 5.92 Å². The lowest BCUT2D eigenvalue weighted by atomic mass is 10.0. The summed E-state index contributed by atoms with van der Waals surface area (Å²) in [7, 11) is 1.63. The molecule has 1 aliphatic heterocycles. The fraction of sp³-hybridized carbons (Fsp3) is 0.667. The Bertz CT molecular complexity index is 377. The maximum absolute atomic E-state index is 12.2. The Morgan fingerprint density at radius 2 is 2.05 bits per heavy atom. The molecule has 4 nitrogen and oxygen atoms in total. The molecule has 1 aliphatic rings. The van der Waals surface area contributed by atoms with Crippen LogP contribution in [-0.4, -0.2) is 29.7 Å². The Labute approximate surface area is 116 Å². The average molecular weight is 267 g/mol. The van der Waals surface area contributed by atoms with Gasteiger partial charge in [0, 0.05) is 6.20 Å². The molecular formula is C15H25NO3. The molecule has 108 valence electrons. The van der Waals surface area contributed by atoms with Gasteiger partial charge in [0.1, 0.15) is 11.4 Å². The van der Waals surface area contributed by atoms with E-state index in [-0.39, 0.29) is 12.1 Å². The van der Waals surface area contributed by atoms with E-state index >= 15 is 0 Å². The SMILES string of the molecule is COC1=CC(CC(C)C)N(C(=O)OC(C)(C)C)C=C1. The van der Waals surface area contributed by atoms with E-state index in [4.69, 9.17) is 9.47 Å². The van der Waals surface area contributed by atoms with E-state index in [1.807, 2.05) is 26.8 Å². The molecule has 0 saturated carbocycles. The highest BCUT2D eigenvalue weighted by molar-refractivity contribution is 5.70. The first-order chi connectivity index (χ1) is 8.73. The quantitative estimate of drug-likeness (QED) is 0.782. The number of carbonyl (C=O) groups is 1. The van der Waals surface area contributed by atoms with Crippen molar-refractivity contribution in [3.05, 3.63) is 24.1 Å². The molecule has 0 aromatic rings. The van der Waals surface area contributed by atoms with Crippen molar-refractivity contribution in [3.8, 4) is 0 Å². The van der Waals surface area contributed by atoms with E-state index in [0.717, 1.165) is 12.2 Å². The Kier molecular flexibility index (Phi) is 5.04. The lowest BCUT2D eigenvalue weighted by molar-refractivity contribution is 0.0278. The van der Waals surface area contributed by atoms with Crippen LogP contribution in [0.4, 0.5) is 4.79 Å². The Morgan fingerprint density at radius 1 is 1.42 bits per heavy atom. The number of nitrogens with zero attached hydrogens (tertiary/aromatic N) is 1. The van der Waals surface area contributed by atoms with Crippen molar-refractivity contribution in [1.82, 2.24) is 4.90 Å². The zero-order chi connectivity index (χ0) is 14.6. The van der Waals surface area contributed by atoms with Crippen LogP contribution in [0, 0.1) is 5.92 Å². The van der Waals surface area contributed by atoms with Crippen molar-refractivity contribution in [1.29, 1.82) is 0 Å². The van der Waals surface area contributed by atoms with Crippen molar-refractivity contribution in [3.63, 3.8) is 0 Å². The second kappa shape index (κ2) is 6.13. The molecule has 0 fully saturated rings. The number of allylic oxidation sites excluding steroid dienone is 1. The number of rotatable bonds is 3. The van der Waals surface area contributed by atoms with Crippen LogP contribution < -0.4 is 0 Å². The van der Waals surface area contributed by atoms with E-state index in [2.05, 4.69) is 13.8 Å². The number of amides is 1. The van der Waals surface area contributed by atoms with E-state index in [9.17, 15) is 4.79 Å². The Morgan fingerprint density at radius 3 is 2.53 bits per heavy atom. The highest BCUT2D eigenvalue weighted by Crippen LogP contribution is 2.22. The second-order valence-corrected chi connectivity index (χ2v) is 6.17. The van der Waals surface area contributed by atoms with Gasteiger partial charge in [0.2, 0.25) is 0 Å². The number of methoxy groups -OCH3 is 1. The van der Waals surface area contributed by atoms with E-state index in [1.165, 1.54) is 0 Å². The summed E-state index contributed by atoms with van der Waals surface area (Å²) in [6.45, 7) is 9.86. The molecule has 1 rings (SSSR count). The van der Waals surface area contributed by atoms with Crippen molar-refractivity contribution < 1.29 is 14.3 Å². The predicted molar refractivity (Wildman–Crippen MR) is 75.5 cm³/mol. The van der Waals surface area contributed by atoms with Gasteiger partial charge in [-0.2, -0.15) is 0 Å². The molecule has 0 spiro atoms. The number of ether oxygens (including phenoxy) is 2. The van der Waals surface area contributed by atoms with Crippen LogP contribution >= 0.6 is 0 Å². The second-order valence-electron chi connectivity index (χ2n) is 6.17. The van der Waals surface area contributed by atoms with Gasteiger partial charge in [0.15, 0.2) is 0 Å². The van der Waals surface area contributed by atoms with Gasteiger partial charge in [-0.05, 0) is 45.3 Å². The van der Waals surface area contributed by atoms with Gasteiger partial charge in [0.05, 0.1) is 13.2 Å². The third-order valence-corrected chi connectivity index (χ3v) is 2.67. The molecule has 0 aromatic heterocycles. The number of hydrogen-bond acceptors (Lipinski definition) is 3. The molecule has 0 aliphatic carbocycles. The van der Waals surface area contributed by atoms with Crippen LogP contribution in [0.3, 0.4) is 0 Å². The zero-order valence-electron chi connectivity index (χ0n) is 12.8. The van der Waals surface area contributed by atoms with E-state index in [0.29, 0.717) is 5.92 Å². The summed E-state index contributed by atoms with van der Waals surface area (Å²) in [5.74, 6) is 1.27. The average Bonchev–Trinajstić information content (AvgIpc) is 2.25. The van der Waals surface area contributed by atoms with Gasteiger partial charge in [-0.15, -0.1) is 0 Å². The smallest absolute Gasteiger partial charge is 0.414 e. The first-order valence-electron chi connectivity index (χ1n) is 6.68. The highest BCUT2D eigenvalue weighted by atomic mass is 16.6. The van der Waals surface area contributed by atoms with Crippen LogP contribution in [0.1, 0.15) is 41.0 Å². The lowest BCUT2D eigenvalue weighted by Crippen LogP contribution is -2.41. The standard InChI is InChI=1S/C15H25NO3/c1-11(2)9-12-10-13(18-6)7-8-16(12)14(17)19-15(3,4)5/h7-8,10-12H,9H2,1-6H3. The maximum atomic E-state index is 12.2. The summed E-state index contributed by atoms with van der Waals surface area (Å²) in [5.41, 5.74) is -0.488. The van der Waals surface area contributed by atoms with Gasteiger partial charge >= 0.3 is 6.09 Å². The molecule has 4 heteroatoms. The van der Waals surface area contributed by atoms with Crippen molar-refractivity contribution >= 4 is 6.09 Å². The fourth-order valence-corrected chi connectivity index (χ4v) is 1.90. The minimum absolute atomic E-state index is 0.0187. The van der Waals surface area contributed by atoms with E-state index in [1.54, 1.807) is 24.3 Å². The van der Waals surface area contributed by atoms with Crippen LogP contribution in [0.15, 0.2) is 24.1 Å². The molecule has 1 unspecified atom stereocenters. The Hall–Kier alpha value is -1.45. The summed E-state index contributed by atoms with van der Waals surface area (Å²) in [6.07, 6.45) is 6.03. The highest BCUT2D eigenvalue weighted by Gasteiger charge is 2.28. The predicted octanol–water partition coefficient (Wildman–Crippen LogP) is 3.70. The van der Waals surface area contributed by atoms with E-state index < -0.39 is 5.60 Å². The minimum atomic E-state index is -0.488. The molecular weight excluding hydrogens is 242 g/mol. The molecule has 0 saturated heterocycles. The normalized spacial score (nSPS) is 19.4. The molecule has 19 heavy (non-hydrogen) atoms.